The zero-order valence-corrected chi connectivity index (χ0v) is 23.5. The molecule has 7 rings (SSSR count). The molecule has 4 aromatic rings. The molecule has 0 radical (unpaired) electrons. The Bertz CT molecular complexity index is 1740. The first kappa shape index (κ1) is 26.6. The number of aromatic nitrogens is 5. The van der Waals surface area contributed by atoms with Crippen LogP contribution in [0.4, 0.5) is 13.2 Å². The monoisotopic (exact) mass is 585 g/mol. The highest BCUT2D eigenvalue weighted by Crippen LogP contribution is 2.66. The van der Waals surface area contributed by atoms with Crippen LogP contribution in [0, 0.1) is 24.6 Å². The van der Waals surface area contributed by atoms with Gasteiger partial charge in [0, 0.05) is 63.4 Å². The van der Waals surface area contributed by atoms with Gasteiger partial charge in [-0.05, 0) is 66.3 Å². The summed E-state index contributed by atoms with van der Waals surface area (Å²) in [5.41, 5.74) is 3.20. The Morgan fingerprint density at radius 1 is 1.05 bits per heavy atom. The number of fused-ring (bicyclic) bond motifs is 2. The zero-order valence-electron chi connectivity index (χ0n) is 22.7. The Morgan fingerprint density at radius 2 is 1.78 bits per heavy atom. The highest BCUT2D eigenvalue weighted by atomic mass is 32.2. The van der Waals surface area contributed by atoms with E-state index in [4.69, 9.17) is 0 Å². The molecule has 2 aromatic heterocycles. The molecule has 3 atom stereocenters. The van der Waals surface area contributed by atoms with E-state index in [1.165, 1.54) is 27.4 Å². The molecule has 0 unspecified atom stereocenters. The molecule has 2 saturated heterocycles. The lowest BCUT2D eigenvalue weighted by Crippen LogP contribution is -2.42. The standard InChI is InChI=1S/C28H30F3N7O2S/c1-18-11-25-19(13-33-38(25)21-5-3-20(29)4-6-21)12-22(18)28-17-37(41(39,40)26-14-32-35(2)34-26)16-24(28)23(28)15-36-9-7-27(30,31)8-10-36/h3-6,11-14,23-24H,7-10,15-17H2,1-2H3/t23-,24-,28-/m1/s1. The fourth-order valence-electron chi connectivity index (χ4n) is 7.05. The van der Waals surface area contributed by atoms with Crippen molar-refractivity contribution in [2.75, 3.05) is 32.7 Å². The average Bonchev–Trinajstić information content (AvgIpc) is 3.40. The van der Waals surface area contributed by atoms with Crippen molar-refractivity contribution < 1.29 is 21.6 Å². The Labute approximate surface area is 235 Å². The maximum absolute atomic E-state index is 13.9. The van der Waals surface area contributed by atoms with Crippen LogP contribution in [-0.4, -0.2) is 81.0 Å². The number of aryl methyl sites for hydroxylation is 2. The van der Waals surface area contributed by atoms with Gasteiger partial charge in [0.2, 0.25) is 5.03 Å². The van der Waals surface area contributed by atoms with Gasteiger partial charge in [-0.25, -0.2) is 26.3 Å². The number of alkyl halides is 2. The second-order valence-corrected chi connectivity index (χ2v) is 13.5. The Hall–Kier alpha value is -3.29. The van der Waals surface area contributed by atoms with Gasteiger partial charge < -0.3 is 4.90 Å². The molecule has 9 nitrogen and oxygen atoms in total. The summed E-state index contributed by atoms with van der Waals surface area (Å²) in [6.45, 7) is 3.93. The number of likely N-dealkylation sites (tertiary alicyclic amines) is 1. The topological polar surface area (TPSA) is 89.2 Å². The maximum atomic E-state index is 13.9. The molecule has 13 heteroatoms. The van der Waals surface area contributed by atoms with Crippen molar-refractivity contribution in [3.63, 3.8) is 0 Å². The number of nitrogens with zero attached hydrogens (tertiary/aromatic N) is 7. The molecule has 2 aromatic carbocycles. The summed E-state index contributed by atoms with van der Waals surface area (Å²) in [6, 6.07) is 10.3. The number of hydrogen-bond acceptors (Lipinski definition) is 6. The van der Waals surface area contributed by atoms with Crippen molar-refractivity contribution in [2.45, 2.75) is 36.1 Å². The van der Waals surface area contributed by atoms with Gasteiger partial charge in [0.1, 0.15) is 5.82 Å². The van der Waals surface area contributed by atoms with Crippen molar-refractivity contribution in [1.29, 1.82) is 0 Å². The fourth-order valence-corrected chi connectivity index (χ4v) is 8.46. The summed E-state index contributed by atoms with van der Waals surface area (Å²) in [4.78, 5) is 3.33. The lowest BCUT2D eigenvalue weighted by Gasteiger charge is -2.33. The minimum Gasteiger partial charge on any atom is -0.303 e. The van der Waals surface area contributed by atoms with Crippen LogP contribution < -0.4 is 0 Å². The first-order valence-electron chi connectivity index (χ1n) is 13.7. The predicted octanol–water partition coefficient (Wildman–Crippen LogP) is 3.52. The van der Waals surface area contributed by atoms with Crippen molar-refractivity contribution >= 4 is 20.9 Å². The van der Waals surface area contributed by atoms with Gasteiger partial charge in [0.25, 0.3) is 15.9 Å². The van der Waals surface area contributed by atoms with Crippen LogP contribution in [0.25, 0.3) is 16.6 Å². The molecule has 0 spiro atoms. The van der Waals surface area contributed by atoms with E-state index in [1.807, 2.05) is 13.0 Å². The highest BCUT2D eigenvalue weighted by molar-refractivity contribution is 7.89. The van der Waals surface area contributed by atoms with E-state index < -0.39 is 21.4 Å². The van der Waals surface area contributed by atoms with Gasteiger partial charge in [-0.1, -0.05) is 0 Å². The van der Waals surface area contributed by atoms with Gasteiger partial charge in [-0.3, -0.25) is 0 Å². The van der Waals surface area contributed by atoms with Gasteiger partial charge in [0.05, 0.1) is 23.6 Å². The van der Waals surface area contributed by atoms with E-state index >= 15 is 0 Å². The van der Waals surface area contributed by atoms with Crippen LogP contribution in [-0.2, 0) is 22.5 Å². The normalized spacial score (nSPS) is 26.5. The number of rotatable bonds is 6. The van der Waals surface area contributed by atoms with Crippen molar-refractivity contribution in [1.82, 2.24) is 34.0 Å². The molecule has 216 valence electrons. The fraction of sp³-hybridized carbons (Fsp3) is 0.464. The third kappa shape index (κ3) is 4.28. The smallest absolute Gasteiger partial charge is 0.264 e. The highest BCUT2D eigenvalue weighted by Gasteiger charge is 2.71. The first-order chi connectivity index (χ1) is 19.5. The Kier molecular flexibility index (Phi) is 5.91. The number of hydrogen-bond donors (Lipinski definition) is 0. The van der Waals surface area contributed by atoms with Crippen LogP contribution in [0.15, 0.2) is 53.8 Å². The average molecular weight is 586 g/mol. The molecule has 2 aliphatic heterocycles. The largest absolute Gasteiger partial charge is 0.303 e. The number of sulfonamides is 1. The van der Waals surface area contributed by atoms with Crippen LogP contribution >= 0.6 is 0 Å². The lowest BCUT2D eigenvalue weighted by molar-refractivity contribution is -0.0563. The van der Waals surface area contributed by atoms with Crippen molar-refractivity contribution in [3.8, 4) is 5.69 Å². The quantitative estimate of drug-likeness (QED) is 0.344. The minimum absolute atomic E-state index is 0.0414. The number of piperidine rings is 2. The summed E-state index contributed by atoms with van der Waals surface area (Å²) in [5, 5.41) is 13.4. The van der Waals surface area contributed by atoms with Gasteiger partial charge in [-0.2, -0.15) is 19.3 Å². The van der Waals surface area contributed by atoms with Gasteiger partial charge in [0.15, 0.2) is 0 Å². The first-order valence-corrected chi connectivity index (χ1v) is 15.1. The van der Waals surface area contributed by atoms with Crippen molar-refractivity contribution in [3.05, 3.63) is 65.7 Å². The second kappa shape index (κ2) is 9.10. The summed E-state index contributed by atoms with van der Waals surface area (Å²) < 4.78 is 71.5. The van der Waals surface area contributed by atoms with Crippen LogP contribution in [0.1, 0.15) is 24.0 Å². The maximum Gasteiger partial charge on any atom is 0.264 e. The van der Waals surface area contributed by atoms with Crippen LogP contribution in [0.5, 0.6) is 0 Å². The zero-order chi connectivity index (χ0) is 28.7. The number of halogens is 3. The number of benzene rings is 2. The second-order valence-electron chi connectivity index (χ2n) is 11.6. The molecule has 3 fully saturated rings. The van der Waals surface area contributed by atoms with Gasteiger partial charge >= 0.3 is 0 Å². The molecule has 0 N–H and O–H groups in total. The van der Waals surface area contributed by atoms with E-state index in [0.717, 1.165) is 27.7 Å². The van der Waals surface area contributed by atoms with E-state index in [1.54, 1.807) is 30.1 Å². The van der Waals surface area contributed by atoms with E-state index in [0.29, 0.717) is 26.2 Å². The summed E-state index contributed by atoms with van der Waals surface area (Å²) in [5.74, 6) is -2.78. The molecule has 41 heavy (non-hydrogen) atoms. The molecular formula is C28H30F3N7O2S. The van der Waals surface area contributed by atoms with E-state index in [2.05, 4.69) is 26.3 Å². The molecule has 3 aliphatic rings. The Morgan fingerprint density at radius 3 is 2.46 bits per heavy atom. The summed E-state index contributed by atoms with van der Waals surface area (Å²) in [7, 11) is -2.28. The third-order valence-corrected chi connectivity index (χ3v) is 10.9. The molecule has 1 saturated carbocycles. The molecule has 1 aliphatic carbocycles. The van der Waals surface area contributed by atoms with Gasteiger partial charge in [-0.15, -0.1) is 5.10 Å². The van der Waals surface area contributed by atoms with E-state index in [9.17, 15) is 21.6 Å². The summed E-state index contributed by atoms with van der Waals surface area (Å²) >= 11 is 0. The predicted molar refractivity (Wildman–Crippen MR) is 145 cm³/mol. The van der Waals surface area contributed by atoms with E-state index in [-0.39, 0.29) is 42.1 Å². The minimum atomic E-state index is -3.85. The lowest BCUT2D eigenvalue weighted by atomic mass is 9.88. The van der Waals surface area contributed by atoms with Crippen LogP contribution in [0.3, 0.4) is 0 Å². The third-order valence-electron chi connectivity index (χ3n) is 9.25. The molecule has 4 heterocycles. The molecule has 0 bridgehead atoms. The van der Waals surface area contributed by atoms with Crippen LogP contribution in [0.2, 0.25) is 0 Å². The SMILES string of the molecule is Cc1cc2c(cnn2-c2ccc(F)cc2)cc1[C@@]12CN(S(=O)(=O)c3cnn(C)n3)C[C@@H]1[C@H]2CN1CCC(F)(F)CC1. The Balaban J connectivity index is 1.25. The molecule has 0 amide bonds. The summed E-state index contributed by atoms with van der Waals surface area (Å²) in [6.07, 6.45) is 2.72. The molecular weight excluding hydrogens is 555 g/mol. The van der Waals surface area contributed by atoms with Crippen molar-refractivity contribution in [2.24, 2.45) is 18.9 Å².